The summed E-state index contributed by atoms with van der Waals surface area (Å²) >= 11 is 0. The summed E-state index contributed by atoms with van der Waals surface area (Å²) in [5.74, 6) is -0.860. The number of benzene rings is 3. The molecule has 1 heterocycles. The largest absolute Gasteiger partial charge is 0.489 e. The molecule has 0 bridgehead atoms. The van der Waals surface area contributed by atoms with Crippen molar-refractivity contribution in [2.45, 2.75) is 20.0 Å². The molecule has 1 aliphatic rings. The summed E-state index contributed by atoms with van der Waals surface area (Å²) < 4.78 is 19.3. The number of hydrogen-bond donors (Lipinski definition) is 2. The van der Waals surface area contributed by atoms with Crippen molar-refractivity contribution >= 4 is 29.6 Å². The van der Waals surface area contributed by atoms with Crippen molar-refractivity contribution in [1.82, 2.24) is 10.2 Å². The number of rotatable bonds is 8. The maximum Gasteiger partial charge on any atom is 0.329 e. The molecule has 1 fully saturated rings. The van der Waals surface area contributed by atoms with Crippen LogP contribution in [0.1, 0.15) is 23.6 Å². The molecule has 3 aromatic rings. The van der Waals surface area contributed by atoms with Gasteiger partial charge in [-0.25, -0.2) is 14.1 Å². The minimum Gasteiger partial charge on any atom is -0.489 e. The minimum absolute atomic E-state index is 0.0665. The third-order valence-electron chi connectivity index (χ3n) is 5.48. The Labute approximate surface area is 202 Å². The maximum atomic E-state index is 13.7. The zero-order valence-electron chi connectivity index (χ0n) is 19.1. The number of nitrogens with zero attached hydrogens (tertiary/aromatic N) is 1. The van der Waals surface area contributed by atoms with E-state index in [1.54, 1.807) is 54.6 Å². The molecule has 0 radical (unpaired) electrons. The summed E-state index contributed by atoms with van der Waals surface area (Å²) in [5.41, 5.74) is 2.77. The number of anilines is 1. The van der Waals surface area contributed by atoms with Crippen molar-refractivity contribution < 1.29 is 23.5 Å². The van der Waals surface area contributed by atoms with Crippen molar-refractivity contribution in [2.75, 3.05) is 11.9 Å². The minimum atomic E-state index is -0.662. The number of aryl methyl sites for hydroxylation is 1. The Hall–Kier alpha value is -4.46. The SMILES string of the molecule is CCc1ccccc1NC(=O)CN1C(=O)N/C(=C/c2ccc(OCc3ccccc3F)cc2)C1=O. The summed E-state index contributed by atoms with van der Waals surface area (Å²) in [6, 6.07) is 19.9. The Morgan fingerprint density at radius 3 is 2.40 bits per heavy atom. The van der Waals surface area contributed by atoms with Crippen LogP contribution in [0.3, 0.4) is 0 Å². The van der Waals surface area contributed by atoms with E-state index in [-0.39, 0.29) is 18.1 Å². The molecule has 8 heteroatoms. The number of carbonyl (C=O) groups is 3. The zero-order chi connectivity index (χ0) is 24.8. The summed E-state index contributed by atoms with van der Waals surface area (Å²) in [6.45, 7) is 1.66. The highest BCUT2D eigenvalue weighted by Crippen LogP contribution is 2.20. The quantitative estimate of drug-likeness (QED) is 0.373. The molecule has 3 aromatic carbocycles. The second-order valence-electron chi connectivity index (χ2n) is 7.89. The normalized spacial score (nSPS) is 14.2. The van der Waals surface area contributed by atoms with Gasteiger partial charge in [0.1, 0.15) is 30.4 Å². The lowest BCUT2D eigenvalue weighted by Gasteiger charge is -2.13. The standard InChI is InChI=1S/C27H24FN3O4/c1-2-19-7-4-6-10-23(19)29-25(32)16-31-26(33)24(30-27(31)34)15-18-11-13-21(14-12-18)35-17-20-8-3-5-9-22(20)28/h3-15H,2,16-17H2,1H3,(H,29,32)(H,30,34)/b24-15+. The van der Waals surface area contributed by atoms with Crippen LogP contribution in [0.2, 0.25) is 0 Å². The number of imide groups is 1. The molecular weight excluding hydrogens is 449 g/mol. The fourth-order valence-corrected chi connectivity index (χ4v) is 3.60. The first-order valence-corrected chi connectivity index (χ1v) is 11.1. The third-order valence-corrected chi connectivity index (χ3v) is 5.48. The van der Waals surface area contributed by atoms with Crippen LogP contribution < -0.4 is 15.4 Å². The van der Waals surface area contributed by atoms with Crippen LogP contribution in [0.15, 0.2) is 78.5 Å². The Balaban J connectivity index is 1.37. The summed E-state index contributed by atoms with van der Waals surface area (Å²) in [6.07, 6.45) is 2.25. The van der Waals surface area contributed by atoms with Crippen LogP contribution in [-0.4, -0.2) is 29.3 Å². The second kappa shape index (κ2) is 10.6. The smallest absolute Gasteiger partial charge is 0.329 e. The molecule has 2 N–H and O–H groups in total. The third kappa shape index (κ3) is 5.73. The van der Waals surface area contributed by atoms with Gasteiger partial charge in [0.25, 0.3) is 5.91 Å². The molecule has 4 rings (SSSR count). The monoisotopic (exact) mass is 473 g/mol. The van der Waals surface area contributed by atoms with Gasteiger partial charge in [0.05, 0.1) is 0 Å². The van der Waals surface area contributed by atoms with E-state index < -0.39 is 24.4 Å². The molecule has 0 unspecified atom stereocenters. The number of nitrogens with one attached hydrogen (secondary N) is 2. The molecular formula is C27H24FN3O4. The predicted octanol–water partition coefficient (Wildman–Crippen LogP) is 4.50. The highest BCUT2D eigenvalue weighted by atomic mass is 19.1. The first-order valence-electron chi connectivity index (χ1n) is 11.1. The zero-order valence-corrected chi connectivity index (χ0v) is 19.1. The highest BCUT2D eigenvalue weighted by molar-refractivity contribution is 6.16. The molecule has 0 atom stereocenters. The molecule has 1 aliphatic heterocycles. The van der Waals surface area contributed by atoms with E-state index in [1.165, 1.54) is 12.1 Å². The van der Waals surface area contributed by atoms with Crippen molar-refractivity contribution in [2.24, 2.45) is 0 Å². The highest BCUT2D eigenvalue weighted by Gasteiger charge is 2.35. The van der Waals surface area contributed by atoms with Gasteiger partial charge in [-0.3, -0.25) is 9.59 Å². The van der Waals surface area contributed by atoms with Gasteiger partial charge >= 0.3 is 6.03 Å². The number of hydrogen-bond acceptors (Lipinski definition) is 4. The van der Waals surface area contributed by atoms with Crippen LogP contribution in [0.4, 0.5) is 14.9 Å². The van der Waals surface area contributed by atoms with Crippen LogP contribution >= 0.6 is 0 Å². The van der Waals surface area contributed by atoms with Crippen molar-refractivity contribution in [3.63, 3.8) is 0 Å². The average Bonchev–Trinajstić information content (AvgIpc) is 3.12. The molecule has 0 aliphatic carbocycles. The van der Waals surface area contributed by atoms with Crippen LogP contribution in [0.25, 0.3) is 6.08 Å². The van der Waals surface area contributed by atoms with Crippen molar-refractivity contribution in [1.29, 1.82) is 0 Å². The molecule has 1 saturated heterocycles. The number of amides is 4. The molecule has 35 heavy (non-hydrogen) atoms. The van der Waals surface area contributed by atoms with Gasteiger partial charge in [-0.1, -0.05) is 55.5 Å². The Morgan fingerprint density at radius 2 is 1.69 bits per heavy atom. The number of ether oxygens (including phenoxy) is 1. The predicted molar refractivity (Wildman–Crippen MR) is 130 cm³/mol. The lowest BCUT2D eigenvalue weighted by Crippen LogP contribution is -2.38. The van der Waals surface area contributed by atoms with Gasteiger partial charge in [0.2, 0.25) is 5.91 Å². The Kier molecular flexibility index (Phi) is 7.21. The van der Waals surface area contributed by atoms with Crippen LogP contribution in [0.5, 0.6) is 5.75 Å². The maximum absolute atomic E-state index is 13.7. The number of halogens is 1. The van der Waals surface area contributed by atoms with Crippen LogP contribution in [0, 0.1) is 5.82 Å². The Bertz CT molecular complexity index is 1290. The first kappa shape index (κ1) is 23.7. The van der Waals surface area contributed by atoms with Gasteiger partial charge in [0.15, 0.2) is 0 Å². The Morgan fingerprint density at radius 1 is 1.00 bits per heavy atom. The molecule has 0 saturated carbocycles. The summed E-state index contributed by atoms with van der Waals surface area (Å²) in [7, 11) is 0. The molecule has 0 aromatic heterocycles. The van der Waals surface area contributed by atoms with Crippen molar-refractivity contribution in [3.8, 4) is 5.75 Å². The number of para-hydroxylation sites is 1. The number of urea groups is 1. The van der Waals surface area contributed by atoms with E-state index in [2.05, 4.69) is 10.6 Å². The van der Waals surface area contributed by atoms with Gasteiger partial charge in [0, 0.05) is 11.3 Å². The van der Waals surface area contributed by atoms with Gasteiger partial charge in [-0.15, -0.1) is 0 Å². The van der Waals surface area contributed by atoms with Crippen molar-refractivity contribution in [3.05, 3.63) is 101 Å². The van der Waals surface area contributed by atoms with E-state index >= 15 is 0 Å². The summed E-state index contributed by atoms with van der Waals surface area (Å²) in [4.78, 5) is 38.4. The van der Waals surface area contributed by atoms with E-state index in [0.29, 0.717) is 22.6 Å². The van der Waals surface area contributed by atoms with E-state index in [0.717, 1.165) is 16.9 Å². The lowest BCUT2D eigenvalue weighted by atomic mass is 10.1. The van der Waals surface area contributed by atoms with E-state index in [1.807, 2.05) is 19.1 Å². The number of carbonyl (C=O) groups excluding carboxylic acids is 3. The van der Waals surface area contributed by atoms with Gasteiger partial charge in [-0.05, 0) is 47.9 Å². The first-order chi connectivity index (χ1) is 16.9. The molecule has 7 nitrogen and oxygen atoms in total. The fourth-order valence-electron chi connectivity index (χ4n) is 3.60. The van der Waals surface area contributed by atoms with E-state index in [9.17, 15) is 18.8 Å². The molecule has 4 amide bonds. The molecule has 0 spiro atoms. The fraction of sp³-hybridized carbons (Fsp3) is 0.148. The average molecular weight is 474 g/mol. The van der Waals surface area contributed by atoms with Gasteiger partial charge < -0.3 is 15.4 Å². The van der Waals surface area contributed by atoms with Gasteiger partial charge in [-0.2, -0.15) is 0 Å². The second-order valence-corrected chi connectivity index (χ2v) is 7.89. The van der Waals surface area contributed by atoms with Crippen LogP contribution in [-0.2, 0) is 22.6 Å². The van der Waals surface area contributed by atoms with E-state index in [4.69, 9.17) is 4.74 Å². The topological polar surface area (TPSA) is 87.7 Å². The summed E-state index contributed by atoms with van der Waals surface area (Å²) in [5, 5.41) is 5.26. The lowest BCUT2D eigenvalue weighted by molar-refractivity contribution is -0.127. The molecule has 178 valence electrons.